The lowest BCUT2D eigenvalue weighted by atomic mass is 10.2. The van der Waals surface area contributed by atoms with Gasteiger partial charge in [-0.1, -0.05) is 98.8 Å². The number of halogens is 1. The van der Waals surface area contributed by atoms with Gasteiger partial charge in [-0.2, -0.15) is 0 Å². The van der Waals surface area contributed by atoms with Crippen molar-refractivity contribution in [1.29, 1.82) is 0 Å². The van der Waals surface area contributed by atoms with Gasteiger partial charge in [-0.15, -0.1) is 0 Å². The molecule has 0 aromatic heterocycles. The van der Waals surface area contributed by atoms with Crippen molar-refractivity contribution in [3.8, 4) is 0 Å². The van der Waals surface area contributed by atoms with E-state index in [2.05, 4.69) is 76.2 Å². The van der Waals surface area contributed by atoms with E-state index in [9.17, 15) is 0 Å². The van der Waals surface area contributed by atoms with E-state index in [1.165, 1.54) is 37.8 Å². The van der Waals surface area contributed by atoms with Crippen molar-refractivity contribution in [3.63, 3.8) is 0 Å². The van der Waals surface area contributed by atoms with Crippen LogP contribution in [0.2, 0.25) is 5.02 Å². The Balaban J connectivity index is 2.26. The predicted octanol–water partition coefficient (Wildman–Crippen LogP) is 3.82. The van der Waals surface area contributed by atoms with Crippen LogP contribution in [-0.2, 0) is 0 Å². The maximum atomic E-state index is 6.61. The standard InChI is InChI=1S/C22H23ClSi/c1-15-9-16(2)12-19(11-15)24(22-8-6-5-7-21(22)23)20-13-17(3)10-18(4)14-20/h5-14,24H,1-4H3. The Hall–Kier alpha value is -1.83. The average Bonchev–Trinajstić information content (AvgIpc) is 2.47. The minimum atomic E-state index is -1.59. The summed E-state index contributed by atoms with van der Waals surface area (Å²) in [5.41, 5.74) is 5.27. The first-order valence-corrected chi connectivity index (χ1v) is 10.5. The minimum absolute atomic E-state index is 0.882. The van der Waals surface area contributed by atoms with E-state index in [-0.39, 0.29) is 0 Å². The van der Waals surface area contributed by atoms with Crippen LogP contribution in [0.15, 0.2) is 60.7 Å². The van der Waals surface area contributed by atoms with E-state index in [0.717, 1.165) is 5.02 Å². The first-order valence-electron chi connectivity index (χ1n) is 8.35. The number of hydrogen-bond donors (Lipinski definition) is 0. The third-order valence-corrected chi connectivity index (χ3v) is 8.02. The molecule has 0 bridgehead atoms. The Labute approximate surface area is 151 Å². The third-order valence-electron chi connectivity index (χ3n) is 4.37. The van der Waals surface area contributed by atoms with Crippen LogP contribution in [-0.4, -0.2) is 8.80 Å². The van der Waals surface area contributed by atoms with Crippen molar-refractivity contribution in [2.24, 2.45) is 0 Å². The molecule has 0 unspecified atom stereocenters. The van der Waals surface area contributed by atoms with Crippen molar-refractivity contribution in [2.45, 2.75) is 27.7 Å². The van der Waals surface area contributed by atoms with Crippen LogP contribution in [0.5, 0.6) is 0 Å². The second-order valence-electron chi connectivity index (χ2n) is 6.80. The zero-order valence-electron chi connectivity index (χ0n) is 14.7. The molecular weight excluding hydrogens is 328 g/mol. The highest BCUT2D eigenvalue weighted by molar-refractivity contribution is 6.96. The van der Waals surface area contributed by atoms with E-state index < -0.39 is 8.80 Å². The molecule has 0 spiro atoms. The highest BCUT2D eigenvalue weighted by Gasteiger charge is 2.22. The minimum Gasteiger partial charge on any atom is -0.0845 e. The van der Waals surface area contributed by atoms with Crippen molar-refractivity contribution >= 4 is 36.0 Å². The summed E-state index contributed by atoms with van der Waals surface area (Å²) in [6.07, 6.45) is 0. The van der Waals surface area contributed by atoms with Crippen molar-refractivity contribution in [2.75, 3.05) is 0 Å². The van der Waals surface area contributed by atoms with E-state index in [1.54, 1.807) is 0 Å². The molecule has 0 saturated heterocycles. The van der Waals surface area contributed by atoms with Crippen LogP contribution in [0.4, 0.5) is 0 Å². The fourth-order valence-electron chi connectivity index (χ4n) is 3.61. The summed E-state index contributed by atoms with van der Waals surface area (Å²) in [5.74, 6) is 0. The van der Waals surface area contributed by atoms with Gasteiger partial charge >= 0.3 is 0 Å². The van der Waals surface area contributed by atoms with Gasteiger partial charge in [0.05, 0.1) is 0 Å². The molecule has 3 rings (SSSR count). The van der Waals surface area contributed by atoms with Crippen molar-refractivity contribution in [1.82, 2.24) is 0 Å². The van der Waals surface area contributed by atoms with Gasteiger partial charge in [0, 0.05) is 5.02 Å². The van der Waals surface area contributed by atoms with Crippen molar-refractivity contribution in [3.05, 3.63) is 87.9 Å². The molecule has 0 nitrogen and oxygen atoms in total. The maximum absolute atomic E-state index is 6.61. The molecule has 3 aromatic rings. The Bertz CT molecular complexity index is 791. The predicted molar refractivity (Wildman–Crippen MR) is 109 cm³/mol. The Morgan fingerprint density at radius 2 is 1.04 bits per heavy atom. The summed E-state index contributed by atoms with van der Waals surface area (Å²) in [6, 6.07) is 22.2. The fraction of sp³-hybridized carbons (Fsp3) is 0.182. The molecule has 0 radical (unpaired) electrons. The second-order valence-corrected chi connectivity index (χ2v) is 10.0. The van der Waals surface area contributed by atoms with Gasteiger partial charge in [-0.3, -0.25) is 0 Å². The zero-order chi connectivity index (χ0) is 17.3. The fourth-order valence-corrected chi connectivity index (χ4v) is 7.57. The smallest absolute Gasteiger partial charge is 0.0845 e. The van der Waals surface area contributed by atoms with E-state index in [1.807, 2.05) is 12.1 Å². The first-order chi connectivity index (χ1) is 11.4. The van der Waals surface area contributed by atoms with Crippen LogP contribution in [0.25, 0.3) is 0 Å². The van der Waals surface area contributed by atoms with Gasteiger partial charge in [0.1, 0.15) is 8.80 Å². The van der Waals surface area contributed by atoms with E-state index >= 15 is 0 Å². The second kappa shape index (κ2) is 6.96. The molecule has 0 aliphatic carbocycles. The summed E-state index contributed by atoms with van der Waals surface area (Å²) < 4.78 is 0. The largest absolute Gasteiger partial charge is 0.134 e. The van der Waals surface area contributed by atoms with Crippen LogP contribution < -0.4 is 15.6 Å². The summed E-state index contributed by atoms with van der Waals surface area (Å²) in [5, 5.41) is 5.05. The third kappa shape index (κ3) is 3.63. The highest BCUT2D eigenvalue weighted by atomic mass is 35.5. The quantitative estimate of drug-likeness (QED) is 0.497. The SMILES string of the molecule is Cc1cc(C)cc([SiH](c2cc(C)cc(C)c2)c2ccccc2Cl)c1. The summed E-state index contributed by atoms with van der Waals surface area (Å²) in [7, 11) is -1.59. The number of aryl methyl sites for hydroxylation is 4. The number of rotatable bonds is 3. The molecule has 0 heterocycles. The zero-order valence-corrected chi connectivity index (χ0v) is 16.6. The molecule has 0 aliphatic heterocycles. The summed E-state index contributed by atoms with van der Waals surface area (Å²) in [4.78, 5) is 0. The molecule has 0 fully saturated rings. The lowest BCUT2D eigenvalue weighted by Gasteiger charge is -2.20. The molecule has 24 heavy (non-hydrogen) atoms. The van der Waals surface area contributed by atoms with Crippen LogP contribution in [0.3, 0.4) is 0 Å². The molecular formula is C22H23ClSi. The lowest BCUT2D eigenvalue weighted by Crippen LogP contribution is -2.52. The van der Waals surface area contributed by atoms with Gasteiger partial charge in [-0.05, 0) is 38.9 Å². The molecule has 0 amide bonds. The number of benzene rings is 3. The molecule has 3 aromatic carbocycles. The Kier molecular flexibility index (Phi) is 4.93. The normalized spacial score (nSPS) is 11.1. The maximum Gasteiger partial charge on any atom is 0.134 e. The summed E-state index contributed by atoms with van der Waals surface area (Å²) in [6.45, 7) is 8.71. The molecule has 0 saturated carbocycles. The Morgan fingerprint density at radius 1 is 0.625 bits per heavy atom. The average molecular weight is 351 g/mol. The van der Waals surface area contributed by atoms with Crippen molar-refractivity contribution < 1.29 is 0 Å². The molecule has 2 heteroatoms. The van der Waals surface area contributed by atoms with E-state index in [0.29, 0.717) is 0 Å². The molecule has 0 atom stereocenters. The van der Waals surface area contributed by atoms with Gasteiger partial charge in [0.25, 0.3) is 0 Å². The molecule has 0 aliphatic rings. The van der Waals surface area contributed by atoms with Crippen LogP contribution in [0, 0.1) is 27.7 Å². The lowest BCUT2D eigenvalue weighted by molar-refractivity contribution is 1.39. The number of hydrogen-bond acceptors (Lipinski definition) is 0. The van der Waals surface area contributed by atoms with E-state index in [4.69, 9.17) is 11.6 Å². The van der Waals surface area contributed by atoms with Crippen LogP contribution >= 0.6 is 11.6 Å². The monoisotopic (exact) mass is 350 g/mol. The van der Waals surface area contributed by atoms with Gasteiger partial charge in [-0.25, -0.2) is 0 Å². The topological polar surface area (TPSA) is 0 Å². The first kappa shape index (κ1) is 17.0. The summed E-state index contributed by atoms with van der Waals surface area (Å²) >= 11 is 6.61. The highest BCUT2D eigenvalue weighted by Crippen LogP contribution is 2.10. The molecule has 0 N–H and O–H groups in total. The van der Waals surface area contributed by atoms with Gasteiger partial charge < -0.3 is 0 Å². The van der Waals surface area contributed by atoms with Gasteiger partial charge in [0.15, 0.2) is 0 Å². The molecule has 122 valence electrons. The van der Waals surface area contributed by atoms with Gasteiger partial charge in [0.2, 0.25) is 0 Å². The Morgan fingerprint density at radius 3 is 1.46 bits per heavy atom. The van der Waals surface area contributed by atoms with Crippen LogP contribution in [0.1, 0.15) is 22.3 Å².